The van der Waals surface area contributed by atoms with Crippen molar-refractivity contribution in [3.8, 4) is 11.5 Å². The van der Waals surface area contributed by atoms with E-state index in [4.69, 9.17) is 21.1 Å². The maximum Gasteiger partial charge on any atom is 0.152 e. The molecule has 0 spiro atoms. The van der Waals surface area contributed by atoms with E-state index in [0.29, 0.717) is 23.1 Å². The first kappa shape index (κ1) is 14.5. The van der Waals surface area contributed by atoms with E-state index in [0.717, 1.165) is 17.3 Å². The second-order valence-electron chi connectivity index (χ2n) is 4.26. The van der Waals surface area contributed by atoms with Crippen LogP contribution in [0.5, 0.6) is 11.5 Å². The number of hydrogen-bond donors (Lipinski definition) is 1. The van der Waals surface area contributed by atoms with E-state index in [2.05, 4.69) is 15.5 Å². The molecule has 6 nitrogen and oxygen atoms in total. The zero-order valence-electron chi connectivity index (χ0n) is 11.9. The Kier molecular flexibility index (Phi) is 4.34. The highest BCUT2D eigenvalue weighted by atomic mass is 35.5. The maximum atomic E-state index is 6.12. The first-order chi connectivity index (χ1) is 9.56. The molecular formula is C13H17ClN4O2. The Labute approximate surface area is 122 Å². The van der Waals surface area contributed by atoms with Gasteiger partial charge in [-0.05, 0) is 13.0 Å². The van der Waals surface area contributed by atoms with E-state index in [1.807, 2.05) is 18.5 Å². The quantitative estimate of drug-likeness (QED) is 0.918. The number of nitrogens with zero attached hydrogens (tertiary/aromatic N) is 3. The van der Waals surface area contributed by atoms with Crippen LogP contribution in [0.15, 0.2) is 12.1 Å². The summed E-state index contributed by atoms with van der Waals surface area (Å²) in [5, 5.41) is 11.9. The lowest BCUT2D eigenvalue weighted by molar-refractivity contribution is 0.395. The van der Waals surface area contributed by atoms with Crippen LogP contribution in [0.25, 0.3) is 0 Å². The Morgan fingerprint density at radius 3 is 2.45 bits per heavy atom. The molecule has 0 aliphatic carbocycles. The predicted molar refractivity (Wildman–Crippen MR) is 77.6 cm³/mol. The van der Waals surface area contributed by atoms with Gasteiger partial charge in [0.25, 0.3) is 0 Å². The van der Waals surface area contributed by atoms with E-state index in [-0.39, 0.29) is 0 Å². The average Bonchev–Trinajstić information content (AvgIpc) is 2.76. The number of nitrogens with one attached hydrogen (secondary N) is 1. The molecule has 1 aromatic carbocycles. The van der Waals surface area contributed by atoms with Crippen molar-refractivity contribution in [2.45, 2.75) is 13.5 Å². The Hall–Kier alpha value is -1.95. The Morgan fingerprint density at radius 1 is 1.20 bits per heavy atom. The van der Waals surface area contributed by atoms with Gasteiger partial charge in [-0.2, -0.15) is 0 Å². The summed E-state index contributed by atoms with van der Waals surface area (Å²) in [6, 6.07) is 3.51. The normalized spacial score (nSPS) is 10.4. The van der Waals surface area contributed by atoms with E-state index >= 15 is 0 Å². The molecule has 2 rings (SSSR count). The lowest BCUT2D eigenvalue weighted by Gasteiger charge is -2.13. The van der Waals surface area contributed by atoms with E-state index in [1.54, 1.807) is 26.4 Å². The predicted octanol–water partition coefficient (Wildman–Crippen LogP) is 2.41. The summed E-state index contributed by atoms with van der Waals surface area (Å²) in [6.07, 6.45) is 0. The number of rotatable bonds is 5. The summed E-state index contributed by atoms with van der Waals surface area (Å²) in [7, 11) is 5.08. The van der Waals surface area contributed by atoms with Gasteiger partial charge in [-0.15, -0.1) is 10.2 Å². The molecule has 2 aromatic rings. The van der Waals surface area contributed by atoms with E-state index in [9.17, 15) is 0 Å². The number of aryl methyl sites for hydroxylation is 1. The number of methoxy groups -OCH3 is 2. The smallest absolute Gasteiger partial charge is 0.152 e. The van der Waals surface area contributed by atoms with Crippen molar-refractivity contribution in [3.63, 3.8) is 0 Å². The molecule has 0 aliphatic heterocycles. The topological polar surface area (TPSA) is 61.2 Å². The molecule has 7 heteroatoms. The van der Waals surface area contributed by atoms with Gasteiger partial charge in [0.1, 0.15) is 17.3 Å². The summed E-state index contributed by atoms with van der Waals surface area (Å²) in [6.45, 7) is 2.43. The summed E-state index contributed by atoms with van der Waals surface area (Å²) < 4.78 is 12.4. The van der Waals surface area contributed by atoms with Crippen LogP contribution in [-0.2, 0) is 13.6 Å². The summed E-state index contributed by atoms with van der Waals surface area (Å²) in [4.78, 5) is 0. The van der Waals surface area contributed by atoms with Crippen LogP contribution < -0.4 is 14.8 Å². The fourth-order valence-corrected chi connectivity index (χ4v) is 2.02. The molecular weight excluding hydrogens is 280 g/mol. The van der Waals surface area contributed by atoms with Gasteiger partial charge in [-0.25, -0.2) is 0 Å². The fourth-order valence-electron chi connectivity index (χ4n) is 1.78. The van der Waals surface area contributed by atoms with Gasteiger partial charge in [-0.3, -0.25) is 0 Å². The fraction of sp³-hybridized carbons (Fsp3) is 0.385. The van der Waals surface area contributed by atoms with Gasteiger partial charge in [0.2, 0.25) is 0 Å². The number of anilines is 1. The zero-order valence-corrected chi connectivity index (χ0v) is 12.7. The number of benzene rings is 1. The SMILES string of the molecule is COc1cc(OC)c(NCc2nnc(C)n2C)cc1Cl. The second kappa shape index (κ2) is 6.00. The third-order valence-corrected chi connectivity index (χ3v) is 3.39. The molecule has 1 N–H and O–H groups in total. The van der Waals surface area contributed by atoms with Crippen LogP contribution in [0, 0.1) is 6.92 Å². The lowest BCUT2D eigenvalue weighted by Crippen LogP contribution is -2.07. The molecule has 0 fully saturated rings. The van der Waals surface area contributed by atoms with Gasteiger partial charge in [0.15, 0.2) is 5.82 Å². The van der Waals surface area contributed by atoms with Crippen LogP contribution in [0.3, 0.4) is 0 Å². The molecule has 0 unspecified atom stereocenters. The van der Waals surface area contributed by atoms with Crippen molar-refractivity contribution in [3.05, 3.63) is 28.8 Å². The van der Waals surface area contributed by atoms with Gasteiger partial charge >= 0.3 is 0 Å². The van der Waals surface area contributed by atoms with Crippen molar-refractivity contribution in [1.82, 2.24) is 14.8 Å². The molecule has 0 atom stereocenters. The average molecular weight is 297 g/mol. The first-order valence-electron chi connectivity index (χ1n) is 6.07. The molecule has 20 heavy (non-hydrogen) atoms. The molecule has 0 aliphatic rings. The highest BCUT2D eigenvalue weighted by Gasteiger charge is 2.11. The number of aromatic nitrogens is 3. The molecule has 0 saturated heterocycles. The third kappa shape index (κ3) is 2.80. The standard InChI is InChI=1S/C13H17ClN4O2/c1-8-16-17-13(18(8)2)7-15-10-5-9(14)11(19-3)6-12(10)20-4/h5-6,15H,7H2,1-4H3. The summed E-state index contributed by atoms with van der Waals surface area (Å²) in [5.74, 6) is 2.92. The van der Waals surface area contributed by atoms with E-state index < -0.39 is 0 Å². The highest BCUT2D eigenvalue weighted by molar-refractivity contribution is 6.32. The van der Waals surface area contributed by atoms with Crippen LogP contribution in [0.2, 0.25) is 5.02 Å². The lowest BCUT2D eigenvalue weighted by atomic mass is 10.2. The molecule has 0 amide bonds. The highest BCUT2D eigenvalue weighted by Crippen LogP contribution is 2.35. The minimum Gasteiger partial charge on any atom is -0.495 e. The zero-order chi connectivity index (χ0) is 14.7. The van der Waals surface area contributed by atoms with Gasteiger partial charge in [0, 0.05) is 13.1 Å². The summed E-state index contributed by atoms with van der Waals surface area (Å²) >= 11 is 6.12. The van der Waals surface area contributed by atoms with E-state index in [1.165, 1.54) is 0 Å². The van der Waals surface area contributed by atoms with Crippen molar-refractivity contribution >= 4 is 17.3 Å². The second-order valence-corrected chi connectivity index (χ2v) is 4.67. The Balaban J connectivity index is 2.20. The van der Waals surface area contributed by atoms with Crippen molar-refractivity contribution < 1.29 is 9.47 Å². The number of hydrogen-bond acceptors (Lipinski definition) is 5. The first-order valence-corrected chi connectivity index (χ1v) is 6.45. The van der Waals surface area contributed by atoms with Crippen molar-refractivity contribution in [2.24, 2.45) is 7.05 Å². The molecule has 1 heterocycles. The van der Waals surface area contributed by atoms with Crippen LogP contribution >= 0.6 is 11.6 Å². The van der Waals surface area contributed by atoms with Crippen LogP contribution in [-0.4, -0.2) is 29.0 Å². The molecule has 0 radical (unpaired) electrons. The third-order valence-electron chi connectivity index (χ3n) is 3.09. The molecule has 0 bridgehead atoms. The monoisotopic (exact) mass is 296 g/mol. The number of halogens is 1. The van der Waals surface area contributed by atoms with Gasteiger partial charge in [0.05, 0.1) is 31.5 Å². The molecule has 1 aromatic heterocycles. The minimum absolute atomic E-state index is 0.518. The maximum absolute atomic E-state index is 6.12. The Bertz CT molecular complexity index is 613. The minimum atomic E-state index is 0.518. The van der Waals surface area contributed by atoms with Crippen LogP contribution in [0.1, 0.15) is 11.6 Å². The Morgan fingerprint density at radius 2 is 1.90 bits per heavy atom. The van der Waals surface area contributed by atoms with Crippen molar-refractivity contribution in [1.29, 1.82) is 0 Å². The van der Waals surface area contributed by atoms with Crippen LogP contribution in [0.4, 0.5) is 5.69 Å². The van der Waals surface area contributed by atoms with Gasteiger partial charge < -0.3 is 19.4 Å². The van der Waals surface area contributed by atoms with Gasteiger partial charge in [-0.1, -0.05) is 11.6 Å². The van der Waals surface area contributed by atoms with Crippen molar-refractivity contribution in [2.75, 3.05) is 19.5 Å². The molecule has 108 valence electrons. The largest absolute Gasteiger partial charge is 0.495 e. The number of ether oxygens (including phenoxy) is 2. The summed E-state index contributed by atoms with van der Waals surface area (Å²) in [5.41, 5.74) is 0.777. The molecule has 0 saturated carbocycles.